The summed E-state index contributed by atoms with van der Waals surface area (Å²) in [7, 11) is 0. The Balaban J connectivity index is 1.82. The van der Waals surface area contributed by atoms with Gasteiger partial charge >= 0.3 is 12.1 Å². The maximum Gasteiger partial charge on any atom is 0.407 e. The SMILES string of the molecule is O=C1CCN(c2ccc3c(c2)CCN(C(=O)O)C3)C(=O)N1. The first-order chi connectivity index (χ1) is 10.0. The highest BCUT2D eigenvalue weighted by molar-refractivity contribution is 6.05. The van der Waals surface area contributed by atoms with Gasteiger partial charge in [-0.1, -0.05) is 6.07 Å². The molecule has 7 heteroatoms. The third kappa shape index (κ3) is 2.54. The molecular weight excluding hydrogens is 274 g/mol. The van der Waals surface area contributed by atoms with Crippen LogP contribution in [-0.4, -0.2) is 41.1 Å². The summed E-state index contributed by atoms with van der Waals surface area (Å²) < 4.78 is 0. The Hall–Kier alpha value is -2.57. The van der Waals surface area contributed by atoms with Crippen molar-refractivity contribution in [1.82, 2.24) is 10.2 Å². The summed E-state index contributed by atoms with van der Waals surface area (Å²) in [4.78, 5) is 36.9. The summed E-state index contributed by atoms with van der Waals surface area (Å²) in [5.41, 5.74) is 2.75. The fourth-order valence-corrected chi connectivity index (χ4v) is 2.68. The number of hydrogen-bond donors (Lipinski definition) is 2. The number of imide groups is 1. The second kappa shape index (κ2) is 5.08. The number of carboxylic acid groups (broad SMARTS) is 1. The largest absolute Gasteiger partial charge is 0.465 e. The Kier molecular flexibility index (Phi) is 3.25. The summed E-state index contributed by atoms with van der Waals surface area (Å²) in [5.74, 6) is -0.258. The Morgan fingerprint density at radius 2 is 1.95 bits per heavy atom. The first-order valence-corrected chi connectivity index (χ1v) is 6.75. The topological polar surface area (TPSA) is 90.0 Å². The summed E-state index contributed by atoms with van der Waals surface area (Å²) in [6.45, 7) is 1.19. The van der Waals surface area contributed by atoms with E-state index >= 15 is 0 Å². The molecule has 3 rings (SSSR count). The number of carbonyl (C=O) groups is 3. The second-order valence-corrected chi connectivity index (χ2v) is 5.16. The molecule has 0 aromatic heterocycles. The predicted molar refractivity (Wildman–Crippen MR) is 74.1 cm³/mol. The van der Waals surface area contributed by atoms with E-state index in [1.54, 1.807) is 6.07 Å². The van der Waals surface area contributed by atoms with Crippen LogP contribution in [0.15, 0.2) is 18.2 Å². The lowest BCUT2D eigenvalue weighted by Crippen LogP contribution is -2.49. The van der Waals surface area contributed by atoms with Crippen LogP contribution in [0, 0.1) is 0 Å². The molecule has 0 radical (unpaired) electrons. The van der Waals surface area contributed by atoms with E-state index in [0.717, 1.165) is 16.8 Å². The maximum absolute atomic E-state index is 11.8. The zero-order valence-corrected chi connectivity index (χ0v) is 11.3. The van der Waals surface area contributed by atoms with Crippen molar-refractivity contribution in [1.29, 1.82) is 0 Å². The Morgan fingerprint density at radius 1 is 1.14 bits per heavy atom. The van der Waals surface area contributed by atoms with Gasteiger partial charge in [0.1, 0.15) is 0 Å². The van der Waals surface area contributed by atoms with Crippen molar-refractivity contribution < 1.29 is 19.5 Å². The number of fused-ring (bicyclic) bond motifs is 1. The van der Waals surface area contributed by atoms with Gasteiger partial charge in [-0.3, -0.25) is 15.0 Å². The molecule has 0 spiro atoms. The smallest absolute Gasteiger partial charge is 0.407 e. The number of amides is 4. The van der Waals surface area contributed by atoms with Gasteiger partial charge in [0.2, 0.25) is 5.91 Å². The Morgan fingerprint density at radius 3 is 2.67 bits per heavy atom. The second-order valence-electron chi connectivity index (χ2n) is 5.16. The van der Waals surface area contributed by atoms with Gasteiger partial charge in [-0.15, -0.1) is 0 Å². The van der Waals surface area contributed by atoms with Gasteiger partial charge in [0.25, 0.3) is 0 Å². The van der Waals surface area contributed by atoms with E-state index < -0.39 is 12.1 Å². The van der Waals surface area contributed by atoms with E-state index in [9.17, 15) is 14.4 Å². The molecule has 4 amide bonds. The molecule has 1 saturated heterocycles. The summed E-state index contributed by atoms with van der Waals surface area (Å²) in [6, 6.07) is 5.14. The van der Waals surface area contributed by atoms with Crippen LogP contribution in [-0.2, 0) is 17.8 Å². The molecule has 0 atom stereocenters. The molecule has 1 fully saturated rings. The van der Waals surface area contributed by atoms with Crippen molar-refractivity contribution in [2.45, 2.75) is 19.4 Å². The van der Waals surface area contributed by atoms with E-state index in [1.165, 1.54) is 9.80 Å². The van der Waals surface area contributed by atoms with Crippen LogP contribution in [0.4, 0.5) is 15.3 Å². The van der Waals surface area contributed by atoms with Crippen LogP contribution in [0.5, 0.6) is 0 Å². The van der Waals surface area contributed by atoms with Gasteiger partial charge < -0.3 is 10.0 Å². The monoisotopic (exact) mass is 289 g/mol. The molecule has 1 aromatic carbocycles. The van der Waals surface area contributed by atoms with Crippen molar-refractivity contribution in [3.63, 3.8) is 0 Å². The minimum absolute atomic E-state index is 0.258. The van der Waals surface area contributed by atoms with Crippen LogP contribution in [0.1, 0.15) is 17.5 Å². The highest BCUT2D eigenvalue weighted by Gasteiger charge is 2.26. The molecule has 2 aliphatic heterocycles. The van der Waals surface area contributed by atoms with Crippen LogP contribution < -0.4 is 10.2 Å². The molecule has 0 saturated carbocycles. The Bertz CT molecular complexity index is 629. The first-order valence-electron chi connectivity index (χ1n) is 6.75. The van der Waals surface area contributed by atoms with E-state index in [0.29, 0.717) is 26.1 Å². The minimum Gasteiger partial charge on any atom is -0.465 e. The van der Waals surface area contributed by atoms with Gasteiger partial charge in [0, 0.05) is 31.7 Å². The molecular formula is C14H15N3O4. The maximum atomic E-state index is 11.8. The molecule has 0 unspecified atom stereocenters. The molecule has 2 aliphatic rings. The zero-order valence-electron chi connectivity index (χ0n) is 11.3. The molecule has 0 bridgehead atoms. The van der Waals surface area contributed by atoms with Crippen molar-refractivity contribution in [2.24, 2.45) is 0 Å². The van der Waals surface area contributed by atoms with Gasteiger partial charge in [-0.25, -0.2) is 9.59 Å². The summed E-state index contributed by atoms with van der Waals surface area (Å²) >= 11 is 0. The van der Waals surface area contributed by atoms with Gasteiger partial charge in [-0.05, 0) is 29.7 Å². The number of hydrogen-bond acceptors (Lipinski definition) is 3. The highest BCUT2D eigenvalue weighted by Crippen LogP contribution is 2.25. The van der Waals surface area contributed by atoms with E-state index in [2.05, 4.69) is 5.32 Å². The average molecular weight is 289 g/mol. The molecule has 1 aromatic rings. The van der Waals surface area contributed by atoms with Crippen molar-refractivity contribution in [2.75, 3.05) is 18.0 Å². The molecule has 110 valence electrons. The van der Waals surface area contributed by atoms with Crippen LogP contribution in [0.25, 0.3) is 0 Å². The summed E-state index contributed by atoms with van der Waals surface area (Å²) in [6.07, 6.45) is -0.00177. The van der Waals surface area contributed by atoms with Gasteiger partial charge in [0.15, 0.2) is 0 Å². The number of carbonyl (C=O) groups excluding carboxylic acids is 2. The standard InChI is InChI=1S/C14H15N3O4/c18-12-4-6-17(13(19)15-12)11-2-1-10-8-16(14(20)21)5-3-9(10)7-11/h1-2,7H,3-6,8H2,(H,20,21)(H,15,18,19). The molecule has 7 nitrogen and oxygen atoms in total. The third-order valence-corrected chi connectivity index (χ3v) is 3.84. The van der Waals surface area contributed by atoms with Crippen LogP contribution in [0.3, 0.4) is 0 Å². The van der Waals surface area contributed by atoms with Gasteiger partial charge in [0.05, 0.1) is 0 Å². The number of anilines is 1. The summed E-state index contributed by atoms with van der Waals surface area (Å²) in [5, 5.41) is 11.3. The highest BCUT2D eigenvalue weighted by atomic mass is 16.4. The quantitative estimate of drug-likeness (QED) is 0.812. The first kappa shape index (κ1) is 13.4. The lowest BCUT2D eigenvalue weighted by atomic mass is 9.99. The van der Waals surface area contributed by atoms with Crippen molar-refractivity contribution in [3.8, 4) is 0 Å². The van der Waals surface area contributed by atoms with Crippen LogP contribution in [0.2, 0.25) is 0 Å². The van der Waals surface area contributed by atoms with Crippen molar-refractivity contribution in [3.05, 3.63) is 29.3 Å². The zero-order chi connectivity index (χ0) is 15.0. The van der Waals surface area contributed by atoms with E-state index in [1.807, 2.05) is 12.1 Å². The lowest BCUT2D eigenvalue weighted by Gasteiger charge is -2.30. The fraction of sp³-hybridized carbons (Fsp3) is 0.357. The average Bonchev–Trinajstić information content (AvgIpc) is 2.46. The number of rotatable bonds is 1. The Labute approximate surface area is 121 Å². The number of benzene rings is 1. The minimum atomic E-state index is -0.918. The number of urea groups is 1. The van der Waals surface area contributed by atoms with Crippen LogP contribution >= 0.6 is 0 Å². The lowest BCUT2D eigenvalue weighted by molar-refractivity contribution is -0.120. The number of nitrogens with one attached hydrogen (secondary N) is 1. The van der Waals surface area contributed by atoms with Gasteiger partial charge in [-0.2, -0.15) is 0 Å². The molecule has 2 heterocycles. The molecule has 0 aliphatic carbocycles. The van der Waals surface area contributed by atoms with E-state index in [-0.39, 0.29) is 12.3 Å². The van der Waals surface area contributed by atoms with E-state index in [4.69, 9.17) is 5.11 Å². The number of nitrogens with zero attached hydrogens (tertiary/aromatic N) is 2. The normalized spacial score (nSPS) is 18.3. The van der Waals surface area contributed by atoms with Crippen molar-refractivity contribution >= 4 is 23.7 Å². The fourth-order valence-electron chi connectivity index (χ4n) is 2.68. The molecule has 21 heavy (non-hydrogen) atoms. The molecule has 2 N–H and O–H groups in total. The predicted octanol–water partition coefficient (Wildman–Crippen LogP) is 1.17. The third-order valence-electron chi connectivity index (χ3n) is 3.84.